The predicted octanol–water partition coefficient (Wildman–Crippen LogP) is 3.72. The Morgan fingerprint density at radius 1 is 0.947 bits per heavy atom. The summed E-state index contributed by atoms with van der Waals surface area (Å²) in [4.78, 5) is 0. The average molecular weight is 271 g/mol. The zero-order chi connectivity index (χ0) is 13.2. The van der Waals surface area contributed by atoms with Crippen molar-refractivity contribution in [2.24, 2.45) is 0 Å². The second-order valence-corrected chi connectivity index (χ2v) is 6.76. The van der Waals surface area contributed by atoms with Crippen molar-refractivity contribution in [1.82, 2.24) is 4.67 Å². The van der Waals surface area contributed by atoms with Gasteiger partial charge >= 0.3 is 0 Å². The van der Waals surface area contributed by atoms with Crippen LogP contribution in [0.25, 0.3) is 0 Å². The molecule has 19 heavy (non-hydrogen) atoms. The zero-order valence-electron chi connectivity index (χ0n) is 11.2. The number of likely N-dealkylation sites (N-methyl/N-ethyl adjacent to an activating group) is 1. The van der Waals surface area contributed by atoms with Crippen LogP contribution in [-0.2, 0) is 4.52 Å². The minimum atomic E-state index is -0.670. The Morgan fingerprint density at radius 3 is 2.16 bits per heavy atom. The third-order valence-corrected chi connectivity index (χ3v) is 5.74. The zero-order valence-corrected chi connectivity index (χ0v) is 12.1. The van der Waals surface area contributed by atoms with E-state index in [1.165, 1.54) is 10.9 Å². The van der Waals surface area contributed by atoms with Gasteiger partial charge in [0.15, 0.2) is 0 Å². The van der Waals surface area contributed by atoms with Crippen LogP contribution in [0, 0.1) is 0 Å². The summed E-state index contributed by atoms with van der Waals surface area (Å²) in [6.07, 6.45) is 0.164. The molecule has 3 rings (SSSR count). The maximum atomic E-state index is 6.35. The van der Waals surface area contributed by atoms with Crippen molar-refractivity contribution < 1.29 is 4.52 Å². The van der Waals surface area contributed by atoms with Crippen LogP contribution in [-0.4, -0.2) is 17.8 Å². The van der Waals surface area contributed by atoms with E-state index in [0.29, 0.717) is 6.04 Å². The summed E-state index contributed by atoms with van der Waals surface area (Å²) in [7, 11) is 1.49. The second kappa shape index (κ2) is 5.42. The van der Waals surface area contributed by atoms with Crippen LogP contribution in [0.5, 0.6) is 0 Å². The first kappa shape index (κ1) is 12.8. The predicted molar refractivity (Wildman–Crippen MR) is 80.5 cm³/mol. The number of hydrogen-bond donors (Lipinski definition) is 0. The molecule has 3 heteroatoms. The first-order chi connectivity index (χ1) is 9.27. The highest BCUT2D eigenvalue weighted by Crippen LogP contribution is 2.54. The Kier molecular flexibility index (Phi) is 3.65. The molecule has 1 heterocycles. The molecule has 1 aliphatic heterocycles. The third kappa shape index (κ3) is 2.44. The van der Waals surface area contributed by atoms with Gasteiger partial charge in [0.1, 0.15) is 14.4 Å². The molecule has 1 unspecified atom stereocenters. The number of benzene rings is 2. The molecule has 0 N–H and O–H groups in total. The molecular formula is C16H18NOP. The highest BCUT2D eigenvalue weighted by Gasteiger charge is 2.39. The van der Waals surface area contributed by atoms with Crippen LogP contribution in [0.2, 0.25) is 0 Å². The summed E-state index contributed by atoms with van der Waals surface area (Å²) in [5.74, 6) is 0. The van der Waals surface area contributed by atoms with Gasteiger partial charge in [-0.2, -0.15) is 0 Å². The van der Waals surface area contributed by atoms with Crippen LogP contribution in [0.15, 0.2) is 60.7 Å². The Hall–Kier alpha value is -1.21. The van der Waals surface area contributed by atoms with Gasteiger partial charge in [-0.1, -0.05) is 60.7 Å². The summed E-state index contributed by atoms with van der Waals surface area (Å²) in [6.45, 7) is 2.24. The second-order valence-electron chi connectivity index (χ2n) is 4.86. The fourth-order valence-electron chi connectivity index (χ4n) is 2.41. The number of nitrogens with zero attached hydrogens (tertiary/aromatic N) is 1. The molecule has 2 nitrogen and oxygen atoms in total. The highest BCUT2D eigenvalue weighted by molar-refractivity contribution is 7.58. The molecule has 0 saturated carbocycles. The van der Waals surface area contributed by atoms with Gasteiger partial charge in [-0.3, -0.25) is 4.67 Å². The highest BCUT2D eigenvalue weighted by atomic mass is 31.2. The van der Waals surface area contributed by atoms with E-state index in [-0.39, 0.29) is 6.10 Å². The van der Waals surface area contributed by atoms with Crippen molar-refractivity contribution in [2.75, 3.05) is 7.05 Å². The molecule has 98 valence electrons. The summed E-state index contributed by atoms with van der Waals surface area (Å²) in [6, 6.07) is 21.4. The van der Waals surface area contributed by atoms with E-state index in [2.05, 4.69) is 67.2 Å². The fourth-order valence-corrected chi connectivity index (χ4v) is 4.44. The summed E-state index contributed by atoms with van der Waals surface area (Å²) in [5.41, 5.74) is 1.27. The van der Waals surface area contributed by atoms with Gasteiger partial charge in [-0.25, -0.2) is 0 Å². The standard InChI is InChI=1S/C16H18NOP/c1-13-16(14-9-5-3-6-10-14)18-19(17(13)2)15-11-7-4-8-12-15/h3-13,16H,1-2H3/t13-,16-,19?/m1/s1. The van der Waals surface area contributed by atoms with Crippen LogP contribution < -0.4 is 5.30 Å². The molecule has 0 radical (unpaired) electrons. The van der Waals surface area contributed by atoms with Gasteiger partial charge in [0.2, 0.25) is 0 Å². The average Bonchev–Trinajstić information content (AvgIpc) is 2.77. The Morgan fingerprint density at radius 2 is 1.53 bits per heavy atom. The van der Waals surface area contributed by atoms with Crippen LogP contribution in [0.1, 0.15) is 18.6 Å². The van der Waals surface area contributed by atoms with E-state index in [1.54, 1.807) is 0 Å². The molecule has 1 saturated heterocycles. The van der Waals surface area contributed by atoms with Crippen molar-refractivity contribution in [2.45, 2.75) is 19.1 Å². The van der Waals surface area contributed by atoms with Crippen LogP contribution in [0.4, 0.5) is 0 Å². The monoisotopic (exact) mass is 271 g/mol. The first-order valence-electron chi connectivity index (χ1n) is 6.57. The largest absolute Gasteiger partial charge is 0.330 e. The lowest BCUT2D eigenvalue weighted by molar-refractivity contribution is 0.218. The molecule has 2 aromatic rings. The van der Waals surface area contributed by atoms with E-state index < -0.39 is 8.30 Å². The van der Waals surface area contributed by atoms with E-state index in [0.717, 1.165) is 0 Å². The minimum Gasteiger partial charge on any atom is -0.330 e. The first-order valence-corrected chi connectivity index (χ1v) is 7.78. The lowest BCUT2D eigenvalue weighted by Crippen LogP contribution is -2.24. The quantitative estimate of drug-likeness (QED) is 0.772. The Labute approximate surface area is 115 Å². The third-order valence-electron chi connectivity index (χ3n) is 3.63. The normalized spacial score (nSPS) is 27.6. The van der Waals surface area contributed by atoms with Crippen molar-refractivity contribution in [1.29, 1.82) is 0 Å². The van der Waals surface area contributed by atoms with E-state index in [9.17, 15) is 0 Å². The van der Waals surface area contributed by atoms with Crippen molar-refractivity contribution in [3.63, 3.8) is 0 Å². The molecule has 3 atom stereocenters. The van der Waals surface area contributed by atoms with Gasteiger partial charge < -0.3 is 4.52 Å². The fraction of sp³-hybridized carbons (Fsp3) is 0.250. The van der Waals surface area contributed by atoms with Crippen molar-refractivity contribution >= 4 is 13.6 Å². The smallest absolute Gasteiger partial charge is 0.138 e. The van der Waals surface area contributed by atoms with Gasteiger partial charge in [0.05, 0.1) is 0 Å². The van der Waals surface area contributed by atoms with Crippen molar-refractivity contribution in [3.05, 3.63) is 66.2 Å². The summed E-state index contributed by atoms with van der Waals surface area (Å²) >= 11 is 0. The van der Waals surface area contributed by atoms with E-state index >= 15 is 0 Å². The summed E-state index contributed by atoms with van der Waals surface area (Å²) < 4.78 is 8.71. The molecule has 0 amide bonds. The topological polar surface area (TPSA) is 12.5 Å². The maximum Gasteiger partial charge on any atom is 0.138 e. The maximum absolute atomic E-state index is 6.35. The van der Waals surface area contributed by atoms with Gasteiger partial charge in [-0.05, 0) is 19.5 Å². The number of hydrogen-bond acceptors (Lipinski definition) is 2. The molecule has 1 fully saturated rings. The molecule has 2 aromatic carbocycles. The molecular weight excluding hydrogens is 253 g/mol. The van der Waals surface area contributed by atoms with Gasteiger partial charge in [0, 0.05) is 11.3 Å². The SMILES string of the molecule is C[C@@H]1[C@H](c2ccccc2)OP(c2ccccc2)N1C. The lowest BCUT2D eigenvalue weighted by atomic mass is 10.0. The van der Waals surface area contributed by atoms with Gasteiger partial charge in [-0.15, -0.1) is 0 Å². The van der Waals surface area contributed by atoms with Crippen LogP contribution >= 0.6 is 8.30 Å². The molecule has 0 aliphatic carbocycles. The summed E-state index contributed by atoms with van der Waals surface area (Å²) in [5, 5.41) is 1.28. The molecule has 1 aliphatic rings. The molecule has 0 bridgehead atoms. The lowest BCUT2D eigenvalue weighted by Gasteiger charge is -2.20. The van der Waals surface area contributed by atoms with E-state index in [1.807, 2.05) is 12.1 Å². The van der Waals surface area contributed by atoms with Crippen molar-refractivity contribution in [3.8, 4) is 0 Å². The van der Waals surface area contributed by atoms with Crippen LogP contribution in [0.3, 0.4) is 0 Å². The Bertz CT molecular complexity index is 481. The minimum absolute atomic E-state index is 0.164. The van der Waals surface area contributed by atoms with Gasteiger partial charge in [0.25, 0.3) is 0 Å². The molecule has 0 spiro atoms. The molecule has 0 aromatic heterocycles. The Balaban J connectivity index is 1.88. The number of rotatable bonds is 2. The van der Waals surface area contributed by atoms with E-state index in [4.69, 9.17) is 4.52 Å².